The number of aliphatic hydroxyl groups excluding tert-OH is 1. The van der Waals surface area contributed by atoms with E-state index in [-0.39, 0.29) is 12.3 Å². The minimum Gasteiger partial charge on any atom is -0.386 e. The van der Waals surface area contributed by atoms with Gasteiger partial charge in [-0.2, -0.15) is 5.10 Å². The van der Waals surface area contributed by atoms with Gasteiger partial charge in [0.1, 0.15) is 6.10 Å². The van der Waals surface area contributed by atoms with E-state index in [0.717, 1.165) is 0 Å². The SMILES string of the molecule is O=C1CC(O)C(c2ccc(Cl)c(Cl)c2)=NN1. The van der Waals surface area contributed by atoms with Gasteiger partial charge in [-0.3, -0.25) is 4.79 Å². The lowest BCUT2D eigenvalue weighted by Gasteiger charge is -2.18. The molecule has 0 aliphatic carbocycles. The van der Waals surface area contributed by atoms with Crippen LogP contribution < -0.4 is 5.43 Å². The Morgan fingerprint density at radius 1 is 1.38 bits per heavy atom. The van der Waals surface area contributed by atoms with Crippen LogP contribution in [-0.2, 0) is 4.79 Å². The summed E-state index contributed by atoms with van der Waals surface area (Å²) in [6, 6.07) is 4.90. The van der Waals surface area contributed by atoms with E-state index in [1.807, 2.05) is 0 Å². The van der Waals surface area contributed by atoms with Gasteiger partial charge in [-0.1, -0.05) is 29.3 Å². The van der Waals surface area contributed by atoms with E-state index in [4.69, 9.17) is 23.2 Å². The molecule has 2 N–H and O–H groups in total. The molecule has 1 atom stereocenters. The van der Waals surface area contributed by atoms with Gasteiger partial charge in [0.05, 0.1) is 22.2 Å². The minimum atomic E-state index is -0.911. The molecule has 1 aliphatic rings. The van der Waals surface area contributed by atoms with Gasteiger partial charge in [0, 0.05) is 5.56 Å². The van der Waals surface area contributed by atoms with Crippen LogP contribution in [0.3, 0.4) is 0 Å². The predicted octanol–water partition coefficient (Wildman–Crippen LogP) is 1.58. The Morgan fingerprint density at radius 3 is 2.75 bits per heavy atom. The van der Waals surface area contributed by atoms with Crippen LogP contribution in [0, 0.1) is 0 Å². The van der Waals surface area contributed by atoms with Gasteiger partial charge in [-0.25, -0.2) is 5.43 Å². The van der Waals surface area contributed by atoms with Crippen molar-refractivity contribution >= 4 is 34.8 Å². The number of nitrogens with zero attached hydrogens (tertiary/aromatic N) is 1. The Hall–Kier alpha value is -1.10. The van der Waals surface area contributed by atoms with Crippen molar-refractivity contribution in [2.24, 2.45) is 5.10 Å². The number of amides is 1. The third-order valence-electron chi connectivity index (χ3n) is 2.21. The van der Waals surface area contributed by atoms with E-state index in [2.05, 4.69) is 10.5 Å². The molecule has 0 radical (unpaired) electrons. The monoisotopic (exact) mass is 258 g/mol. The standard InChI is InChI=1S/C10H8Cl2N2O2/c11-6-2-1-5(3-7(6)12)10-8(15)4-9(16)13-14-10/h1-3,8,15H,4H2,(H,13,16). The van der Waals surface area contributed by atoms with Crippen molar-refractivity contribution < 1.29 is 9.90 Å². The molecular formula is C10H8Cl2N2O2. The molecular weight excluding hydrogens is 251 g/mol. The van der Waals surface area contributed by atoms with Gasteiger partial charge in [-0.05, 0) is 12.1 Å². The summed E-state index contributed by atoms with van der Waals surface area (Å²) in [5.41, 5.74) is 3.34. The van der Waals surface area contributed by atoms with Crippen molar-refractivity contribution in [3.8, 4) is 0 Å². The maximum absolute atomic E-state index is 10.9. The Morgan fingerprint density at radius 2 is 2.12 bits per heavy atom. The summed E-state index contributed by atoms with van der Waals surface area (Å²) in [6.07, 6.45) is -0.912. The van der Waals surface area contributed by atoms with Crippen molar-refractivity contribution in [2.75, 3.05) is 0 Å². The highest BCUT2D eigenvalue weighted by atomic mass is 35.5. The molecule has 2 rings (SSSR count). The third-order valence-corrected chi connectivity index (χ3v) is 2.95. The average Bonchev–Trinajstić information content (AvgIpc) is 2.22. The first-order valence-electron chi connectivity index (χ1n) is 4.58. The second-order valence-corrected chi connectivity index (χ2v) is 4.20. The maximum atomic E-state index is 10.9. The summed E-state index contributed by atoms with van der Waals surface area (Å²) >= 11 is 11.6. The number of benzene rings is 1. The van der Waals surface area contributed by atoms with Crippen LogP contribution in [0.5, 0.6) is 0 Å². The van der Waals surface area contributed by atoms with E-state index in [1.165, 1.54) is 0 Å². The smallest absolute Gasteiger partial charge is 0.243 e. The van der Waals surface area contributed by atoms with E-state index in [0.29, 0.717) is 21.3 Å². The van der Waals surface area contributed by atoms with Crippen LogP contribution in [0.2, 0.25) is 10.0 Å². The highest BCUT2D eigenvalue weighted by Crippen LogP contribution is 2.24. The zero-order valence-electron chi connectivity index (χ0n) is 8.08. The molecule has 1 aromatic rings. The highest BCUT2D eigenvalue weighted by molar-refractivity contribution is 6.42. The second kappa shape index (κ2) is 4.41. The number of aliphatic hydroxyl groups is 1. The molecule has 16 heavy (non-hydrogen) atoms. The first kappa shape index (κ1) is 11.4. The Bertz CT molecular complexity index is 474. The first-order valence-corrected chi connectivity index (χ1v) is 5.33. The summed E-state index contributed by atoms with van der Waals surface area (Å²) in [5, 5.41) is 14.3. The van der Waals surface area contributed by atoms with Crippen LogP contribution in [-0.4, -0.2) is 22.8 Å². The molecule has 0 saturated carbocycles. The number of carbonyl (C=O) groups excluding carboxylic acids is 1. The number of rotatable bonds is 1. The topological polar surface area (TPSA) is 61.7 Å². The first-order chi connectivity index (χ1) is 7.58. The van der Waals surface area contributed by atoms with E-state index >= 15 is 0 Å². The molecule has 1 amide bonds. The summed E-state index contributed by atoms with van der Waals surface area (Å²) in [5.74, 6) is -0.309. The van der Waals surface area contributed by atoms with Crippen molar-refractivity contribution in [1.82, 2.24) is 5.43 Å². The Kier molecular flexibility index (Phi) is 3.14. The number of hydrogen-bond donors (Lipinski definition) is 2. The lowest BCUT2D eigenvalue weighted by Crippen LogP contribution is -2.36. The fourth-order valence-corrected chi connectivity index (χ4v) is 1.73. The average molecular weight is 259 g/mol. The van der Waals surface area contributed by atoms with Crippen LogP contribution in [0.1, 0.15) is 12.0 Å². The lowest BCUT2D eigenvalue weighted by atomic mass is 10.0. The van der Waals surface area contributed by atoms with Crippen LogP contribution in [0.25, 0.3) is 0 Å². The summed E-state index contributed by atoms with van der Waals surface area (Å²) in [6.45, 7) is 0. The highest BCUT2D eigenvalue weighted by Gasteiger charge is 2.23. The molecule has 1 aromatic carbocycles. The molecule has 1 heterocycles. The molecule has 0 aromatic heterocycles. The molecule has 1 aliphatic heterocycles. The predicted molar refractivity (Wildman–Crippen MR) is 61.8 cm³/mol. The molecule has 4 nitrogen and oxygen atoms in total. The van der Waals surface area contributed by atoms with Crippen molar-refractivity contribution in [2.45, 2.75) is 12.5 Å². The molecule has 84 valence electrons. The van der Waals surface area contributed by atoms with Crippen molar-refractivity contribution in [3.05, 3.63) is 33.8 Å². The zero-order chi connectivity index (χ0) is 11.7. The molecule has 0 bridgehead atoms. The number of halogens is 2. The maximum Gasteiger partial charge on any atom is 0.243 e. The lowest BCUT2D eigenvalue weighted by molar-refractivity contribution is -0.122. The van der Waals surface area contributed by atoms with Gasteiger partial charge in [0.25, 0.3) is 0 Å². The van der Waals surface area contributed by atoms with Gasteiger partial charge < -0.3 is 5.11 Å². The summed E-state index contributed by atoms with van der Waals surface area (Å²) in [4.78, 5) is 10.9. The van der Waals surface area contributed by atoms with Crippen molar-refractivity contribution in [3.63, 3.8) is 0 Å². The van der Waals surface area contributed by atoms with Gasteiger partial charge in [0.15, 0.2) is 0 Å². The van der Waals surface area contributed by atoms with E-state index in [1.54, 1.807) is 18.2 Å². The summed E-state index contributed by atoms with van der Waals surface area (Å²) in [7, 11) is 0. The molecule has 6 heteroatoms. The van der Waals surface area contributed by atoms with Crippen LogP contribution >= 0.6 is 23.2 Å². The largest absolute Gasteiger partial charge is 0.386 e. The quantitative estimate of drug-likeness (QED) is 0.804. The van der Waals surface area contributed by atoms with E-state index < -0.39 is 6.10 Å². The Balaban J connectivity index is 2.37. The Labute approximate surface area is 102 Å². The fourth-order valence-electron chi connectivity index (χ4n) is 1.43. The third kappa shape index (κ3) is 2.19. The molecule has 0 spiro atoms. The van der Waals surface area contributed by atoms with Gasteiger partial charge in [-0.15, -0.1) is 0 Å². The van der Waals surface area contributed by atoms with Gasteiger partial charge in [0.2, 0.25) is 5.91 Å². The van der Waals surface area contributed by atoms with E-state index in [9.17, 15) is 9.90 Å². The number of hydrazone groups is 1. The van der Waals surface area contributed by atoms with Gasteiger partial charge >= 0.3 is 0 Å². The van der Waals surface area contributed by atoms with Crippen LogP contribution in [0.4, 0.5) is 0 Å². The number of nitrogens with one attached hydrogen (secondary N) is 1. The zero-order valence-corrected chi connectivity index (χ0v) is 9.59. The summed E-state index contributed by atoms with van der Waals surface area (Å²) < 4.78 is 0. The normalized spacial score (nSPS) is 20.3. The number of hydrogen-bond acceptors (Lipinski definition) is 3. The minimum absolute atomic E-state index is 0.000914. The van der Waals surface area contributed by atoms with Crippen LogP contribution in [0.15, 0.2) is 23.3 Å². The number of carbonyl (C=O) groups is 1. The molecule has 0 saturated heterocycles. The fraction of sp³-hybridized carbons (Fsp3) is 0.200. The second-order valence-electron chi connectivity index (χ2n) is 3.38. The molecule has 0 fully saturated rings. The van der Waals surface area contributed by atoms with Crippen molar-refractivity contribution in [1.29, 1.82) is 0 Å². The molecule has 1 unspecified atom stereocenters.